The van der Waals surface area contributed by atoms with Crippen LogP contribution in [-0.4, -0.2) is 35.7 Å². The normalized spacial score (nSPS) is 16.1. The molecule has 0 aromatic rings. The SMILES string of the molecule is C#CCNC(=O)C(C)NCC(C)(O)CC(C)C. The van der Waals surface area contributed by atoms with Crippen LogP contribution in [-0.2, 0) is 4.79 Å². The lowest BCUT2D eigenvalue weighted by atomic mass is 9.94. The van der Waals surface area contributed by atoms with Crippen molar-refractivity contribution >= 4 is 5.91 Å². The van der Waals surface area contributed by atoms with E-state index in [1.165, 1.54) is 0 Å². The van der Waals surface area contributed by atoms with E-state index in [0.717, 1.165) is 0 Å². The Bertz CT molecular complexity index is 280. The number of hydrogen-bond donors (Lipinski definition) is 3. The van der Waals surface area contributed by atoms with Crippen LogP contribution in [0.1, 0.15) is 34.1 Å². The predicted molar refractivity (Wildman–Crippen MR) is 69.4 cm³/mol. The fourth-order valence-electron chi connectivity index (χ4n) is 1.71. The third-order valence-electron chi connectivity index (χ3n) is 2.40. The van der Waals surface area contributed by atoms with Crippen molar-refractivity contribution < 1.29 is 9.90 Å². The van der Waals surface area contributed by atoms with E-state index in [2.05, 4.69) is 30.4 Å². The fourth-order valence-corrected chi connectivity index (χ4v) is 1.71. The minimum atomic E-state index is -0.797. The topological polar surface area (TPSA) is 61.4 Å². The number of carbonyl (C=O) groups is 1. The van der Waals surface area contributed by atoms with E-state index in [9.17, 15) is 9.90 Å². The molecule has 0 fully saturated rings. The van der Waals surface area contributed by atoms with Gasteiger partial charge in [-0.25, -0.2) is 0 Å². The Labute approximate surface area is 104 Å². The molecule has 0 radical (unpaired) electrons. The van der Waals surface area contributed by atoms with E-state index >= 15 is 0 Å². The fraction of sp³-hybridized carbons (Fsp3) is 0.769. The van der Waals surface area contributed by atoms with Crippen LogP contribution >= 0.6 is 0 Å². The first-order valence-corrected chi connectivity index (χ1v) is 5.95. The van der Waals surface area contributed by atoms with Crippen molar-refractivity contribution in [3.05, 3.63) is 0 Å². The van der Waals surface area contributed by atoms with Crippen LogP contribution in [0.4, 0.5) is 0 Å². The van der Waals surface area contributed by atoms with Crippen LogP contribution in [0.3, 0.4) is 0 Å². The number of nitrogens with one attached hydrogen (secondary N) is 2. The summed E-state index contributed by atoms with van der Waals surface area (Å²) in [4.78, 5) is 11.5. The Hall–Kier alpha value is -1.05. The lowest BCUT2D eigenvalue weighted by Gasteiger charge is -2.27. The molecule has 0 spiro atoms. The van der Waals surface area contributed by atoms with Crippen molar-refractivity contribution in [3.8, 4) is 12.3 Å². The molecule has 0 aliphatic rings. The minimum Gasteiger partial charge on any atom is -0.389 e. The summed E-state index contributed by atoms with van der Waals surface area (Å²) in [7, 11) is 0. The average Bonchev–Trinajstić information content (AvgIpc) is 2.20. The van der Waals surface area contributed by atoms with Crippen LogP contribution in [0.15, 0.2) is 0 Å². The second-order valence-corrected chi connectivity index (χ2v) is 5.12. The summed E-state index contributed by atoms with van der Waals surface area (Å²) >= 11 is 0. The van der Waals surface area contributed by atoms with Crippen LogP contribution in [0.25, 0.3) is 0 Å². The van der Waals surface area contributed by atoms with Crippen LogP contribution in [0.5, 0.6) is 0 Å². The van der Waals surface area contributed by atoms with Crippen molar-refractivity contribution in [2.45, 2.75) is 45.8 Å². The number of aliphatic hydroxyl groups is 1. The monoisotopic (exact) mass is 240 g/mol. The van der Waals surface area contributed by atoms with E-state index < -0.39 is 5.60 Å². The molecule has 17 heavy (non-hydrogen) atoms. The molecule has 98 valence electrons. The predicted octanol–water partition coefficient (Wildman–Crippen LogP) is 0.511. The first-order chi connectivity index (χ1) is 7.78. The van der Waals surface area contributed by atoms with Gasteiger partial charge < -0.3 is 15.7 Å². The molecule has 4 heteroatoms. The molecule has 2 unspecified atom stereocenters. The summed E-state index contributed by atoms with van der Waals surface area (Å²) < 4.78 is 0. The van der Waals surface area contributed by atoms with Gasteiger partial charge in [-0.3, -0.25) is 4.79 Å². The molecule has 3 N–H and O–H groups in total. The van der Waals surface area contributed by atoms with Crippen molar-refractivity contribution in [1.29, 1.82) is 0 Å². The Balaban J connectivity index is 4.02. The molecule has 0 aromatic heterocycles. The molecule has 0 aromatic carbocycles. The first kappa shape index (κ1) is 16.0. The zero-order chi connectivity index (χ0) is 13.5. The van der Waals surface area contributed by atoms with Gasteiger partial charge in [-0.05, 0) is 26.2 Å². The van der Waals surface area contributed by atoms with Crippen molar-refractivity contribution in [2.75, 3.05) is 13.1 Å². The summed E-state index contributed by atoms with van der Waals surface area (Å²) in [6.45, 7) is 8.24. The smallest absolute Gasteiger partial charge is 0.237 e. The maximum absolute atomic E-state index is 11.5. The van der Waals surface area contributed by atoms with Crippen LogP contribution in [0, 0.1) is 18.3 Å². The zero-order valence-electron chi connectivity index (χ0n) is 11.2. The average molecular weight is 240 g/mol. The highest BCUT2D eigenvalue weighted by molar-refractivity contribution is 5.81. The summed E-state index contributed by atoms with van der Waals surface area (Å²) in [5.74, 6) is 2.61. The second kappa shape index (κ2) is 7.31. The molecule has 0 aliphatic heterocycles. The van der Waals surface area contributed by atoms with E-state index in [1.807, 2.05) is 0 Å². The van der Waals surface area contributed by atoms with Crippen molar-refractivity contribution in [1.82, 2.24) is 10.6 Å². The molecule has 0 heterocycles. The van der Waals surface area contributed by atoms with Crippen molar-refractivity contribution in [2.24, 2.45) is 5.92 Å². The van der Waals surface area contributed by atoms with Gasteiger partial charge >= 0.3 is 0 Å². The third-order valence-corrected chi connectivity index (χ3v) is 2.40. The van der Waals surface area contributed by atoms with E-state index in [1.54, 1.807) is 13.8 Å². The van der Waals surface area contributed by atoms with Gasteiger partial charge in [0.25, 0.3) is 0 Å². The standard InChI is InChI=1S/C13H24N2O2/c1-6-7-14-12(16)11(4)15-9-13(5,17)8-10(2)3/h1,10-11,15,17H,7-9H2,2-5H3,(H,14,16). The Kier molecular flexibility index (Phi) is 6.86. The molecule has 0 rings (SSSR count). The first-order valence-electron chi connectivity index (χ1n) is 5.95. The Morgan fingerprint density at radius 1 is 1.47 bits per heavy atom. The molecule has 2 atom stereocenters. The van der Waals surface area contributed by atoms with Gasteiger partial charge in [-0.2, -0.15) is 0 Å². The van der Waals surface area contributed by atoms with Gasteiger partial charge in [0.2, 0.25) is 5.91 Å². The third kappa shape index (κ3) is 7.78. The van der Waals surface area contributed by atoms with Crippen LogP contribution in [0.2, 0.25) is 0 Å². The maximum Gasteiger partial charge on any atom is 0.237 e. The van der Waals surface area contributed by atoms with Gasteiger partial charge in [0.15, 0.2) is 0 Å². The lowest BCUT2D eigenvalue weighted by Crippen LogP contribution is -2.48. The van der Waals surface area contributed by atoms with E-state index in [4.69, 9.17) is 6.42 Å². The van der Waals surface area contributed by atoms with Crippen LogP contribution < -0.4 is 10.6 Å². The van der Waals surface area contributed by atoms with E-state index in [-0.39, 0.29) is 18.5 Å². The molecule has 1 amide bonds. The van der Waals surface area contributed by atoms with Gasteiger partial charge in [0, 0.05) is 6.54 Å². The summed E-state index contributed by atoms with van der Waals surface area (Å²) in [6, 6.07) is -0.359. The molecule has 0 aliphatic carbocycles. The molecule has 0 saturated carbocycles. The molecular formula is C13H24N2O2. The molecule has 0 bridgehead atoms. The number of amides is 1. The second-order valence-electron chi connectivity index (χ2n) is 5.12. The zero-order valence-corrected chi connectivity index (χ0v) is 11.2. The largest absolute Gasteiger partial charge is 0.389 e. The number of hydrogen-bond acceptors (Lipinski definition) is 3. The summed E-state index contributed by atoms with van der Waals surface area (Å²) in [5, 5.41) is 15.7. The Morgan fingerprint density at radius 3 is 2.53 bits per heavy atom. The Morgan fingerprint density at radius 2 is 2.06 bits per heavy atom. The number of terminal acetylenes is 1. The quantitative estimate of drug-likeness (QED) is 0.568. The van der Waals surface area contributed by atoms with Gasteiger partial charge in [0.05, 0.1) is 18.2 Å². The molecule has 0 saturated heterocycles. The number of carbonyl (C=O) groups excluding carboxylic acids is 1. The van der Waals surface area contributed by atoms with Gasteiger partial charge in [0.1, 0.15) is 0 Å². The summed E-state index contributed by atoms with van der Waals surface area (Å²) in [6.07, 6.45) is 5.74. The molecular weight excluding hydrogens is 216 g/mol. The highest BCUT2D eigenvalue weighted by atomic mass is 16.3. The minimum absolute atomic E-state index is 0.150. The van der Waals surface area contributed by atoms with Gasteiger partial charge in [-0.15, -0.1) is 6.42 Å². The van der Waals surface area contributed by atoms with Crippen molar-refractivity contribution in [3.63, 3.8) is 0 Å². The summed E-state index contributed by atoms with van der Waals surface area (Å²) in [5.41, 5.74) is -0.797. The lowest BCUT2D eigenvalue weighted by molar-refractivity contribution is -0.122. The molecule has 4 nitrogen and oxygen atoms in total. The maximum atomic E-state index is 11.5. The highest BCUT2D eigenvalue weighted by Crippen LogP contribution is 2.15. The number of rotatable bonds is 7. The van der Waals surface area contributed by atoms with E-state index in [0.29, 0.717) is 18.9 Å². The highest BCUT2D eigenvalue weighted by Gasteiger charge is 2.23. The van der Waals surface area contributed by atoms with Gasteiger partial charge in [-0.1, -0.05) is 19.8 Å².